The topological polar surface area (TPSA) is 50.7 Å². The van der Waals surface area contributed by atoms with Crippen LogP contribution in [0.15, 0.2) is 5.16 Å². The normalized spacial score (nSPS) is 47.3. The van der Waals surface area contributed by atoms with Crippen molar-refractivity contribution < 1.29 is 9.63 Å². The van der Waals surface area contributed by atoms with E-state index >= 15 is 0 Å². The van der Waals surface area contributed by atoms with Gasteiger partial charge >= 0.3 is 0 Å². The summed E-state index contributed by atoms with van der Waals surface area (Å²) in [7, 11) is 1.54. The number of nitrogens with zero attached hydrogens (tertiary/aromatic N) is 1. The summed E-state index contributed by atoms with van der Waals surface area (Å²) in [4.78, 5) is 17.3. The zero-order valence-electron chi connectivity index (χ0n) is 12.9. The van der Waals surface area contributed by atoms with E-state index in [1.807, 2.05) is 0 Å². The van der Waals surface area contributed by atoms with Gasteiger partial charge in [0.1, 0.15) is 12.8 Å². The molecule has 4 nitrogen and oxygen atoms in total. The van der Waals surface area contributed by atoms with Gasteiger partial charge in [-0.2, -0.15) is 0 Å². The van der Waals surface area contributed by atoms with Gasteiger partial charge in [0.2, 0.25) is 0 Å². The molecule has 0 aromatic carbocycles. The van der Waals surface area contributed by atoms with Crippen LogP contribution < -0.4 is 5.32 Å². The Hall–Kier alpha value is -1.06. The van der Waals surface area contributed by atoms with E-state index in [4.69, 9.17) is 4.84 Å². The van der Waals surface area contributed by atoms with Crippen LogP contribution in [0, 0.1) is 29.6 Å². The zero-order chi connectivity index (χ0) is 14.4. The van der Waals surface area contributed by atoms with Gasteiger partial charge in [-0.05, 0) is 55.3 Å². The molecule has 6 unspecified atom stereocenters. The molecule has 4 rings (SSSR count). The van der Waals surface area contributed by atoms with Crippen LogP contribution in [-0.2, 0) is 9.63 Å². The van der Waals surface area contributed by atoms with Crippen molar-refractivity contribution in [1.82, 2.24) is 5.32 Å². The second kappa shape index (κ2) is 5.29. The van der Waals surface area contributed by atoms with E-state index in [2.05, 4.69) is 10.5 Å². The molecule has 3 saturated carbocycles. The second-order valence-electron chi connectivity index (χ2n) is 7.45. The molecular formula is C17H26N2O2. The van der Waals surface area contributed by atoms with Crippen molar-refractivity contribution in [3.63, 3.8) is 0 Å². The van der Waals surface area contributed by atoms with Crippen LogP contribution in [0.1, 0.15) is 51.4 Å². The minimum absolute atomic E-state index is 0.0178. The number of hydrogen-bond acceptors (Lipinski definition) is 3. The van der Waals surface area contributed by atoms with Crippen molar-refractivity contribution >= 4 is 11.6 Å². The lowest BCUT2D eigenvalue weighted by atomic mass is 9.72. The van der Waals surface area contributed by atoms with Gasteiger partial charge in [-0.15, -0.1) is 0 Å². The van der Waals surface area contributed by atoms with E-state index in [1.54, 1.807) is 7.11 Å². The third-order valence-electron chi connectivity index (χ3n) is 6.69. The summed E-state index contributed by atoms with van der Waals surface area (Å²) < 4.78 is 0. The Kier molecular flexibility index (Phi) is 3.43. The van der Waals surface area contributed by atoms with Crippen molar-refractivity contribution in [2.24, 2.45) is 34.7 Å². The number of hydrogen-bond donors (Lipinski definition) is 1. The first-order valence-electron chi connectivity index (χ1n) is 8.70. The molecule has 0 aromatic heterocycles. The first-order chi connectivity index (χ1) is 10.3. The minimum atomic E-state index is 0.0178. The van der Waals surface area contributed by atoms with Crippen molar-refractivity contribution in [1.29, 1.82) is 0 Å². The highest BCUT2D eigenvalue weighted by Gasteiger charge is 2.55. The van der Waals surface area contributed by atoms with E-state index in [0.717, 1.165) is 30.6 Å². The van der Waals surface area contributed by atoms with Gasteiger partial charge in [-0.3, -0.25) is 4.79 Å². The summed E-state index contributed by atoms with van der Waals surface area (Å²) in [6.07, 6.45) is 10.2. The molecule has 6 atom stereocenters. The fraction of sp³-hybridized carbons (Fsp3) is 0.882. The number of nitrogens with one attached hydrogen (secondary N) is 1. The summed E-state index contributed by atoms with van der Waals surface area (Å²) in [6.45, 7) is 0. The number of carbonyl (C=O) groups is 1. The molecular weight excluding hydrogens is 264 g/mol. The number of rotatable bonds is 1. The third kappa shape index (κ3) is 2.09. The fourth-order valence-corrected chi connectivity index (χ4v) is 6.12. The number of carbonyl (C=O) groups excluding carboxylic acids is 1. The molecule has 4 fully saturated rings. The highest BCUT2D eigenvalue weighted by molar-refractivity contribution is 6.39. The summed E-state index contributed by atoms with van der Waals surface area (Å²) in [5.74, 6) is 3.95. The van der Waals surface area contributed by atoms with Gasteiger partial charge in [0.05, 0.1) is 0 Å². The minimum Gasteiger partial charge on any atom is -0.399 e. The van der Waals surface area contributed by atoms with Gasteiger partial charge in [-0.1, -0.05) is 24.4 Å². The van der Waals surface area contributed by atoms with Crippen LogP contribution in [0.2, 0.25) is 0 Å². The Morgan fingerprint density at radius 1 is 1.00 bits per heavy atom. The number of amides is 1. The lowest BCUT2D eigenvalue weighted by Gasteiger charge is -2.37. The summed E-state index contributed by atoms with van der Waals surface area (Å²) in [5, 5.41) is 7.32. The highest BCUT2D eigenvalue weighted by Crippen LogP contribution is 2.58. The average Bonchev–Trinajstić information content (AvgIpc) is 2.74. The molecule has 116 valence electrons. The van der Waals surface area contributed by atoms with Gasteiger partial charge in [0.15, 0.2) is 0 Å². The lowest BCUT2D eigenvalue weighted by Crippen LogP contribution is -2.45. The molecule has 4 aliphatic rings. The predicted molar refractivity (Wildman–Crippen MR) is 80.8 cm³/mol. The van der Waals surface area contributed by atoms with E-state index in [9.17, 15) is 4.79 Å². The quantitative estimate of drug-likeness (QED) is 0.755. The number of oxime groups is 1. The summed E-state index contributed by atoms with van der Waals surface area (Å²) in [5.41, 5.74) is 0.627. The Balaban J connectivity index is 1.70. The van der Waals surface area contributed by atoms with Crippen LogP contribution >= 0.6 is 0 Å². The highest BCUT2D eigenvalue weighted by atomic mass is 16.6. The van der Waals surface area contributed by atoms with Crippen molar-refractivity contribution in [2.75, 3.05) is 7.11 Å². The Bertz CT molecular complexity index is 462. The third-order valence-corrected chi connectivity index (χ3v) is 6.69. The molecule has 4 heteroatoms. The maximum absolute atomic E-state index is 12.4. The average molecular weight is 290 g/mol. The first kappa shape index (κ1) is 13.6. The van der Waals surface area contributed by atoms with Crippen LogP contribution in [0.5, 0.6) is 0 Å². The van der Waals surface area contributed by atoms with Crippen molar-refractivity contribution in [2.45, 2.75) is 57.4 Å². The monoisotopic (exact) mass is 290 g/mol. The van der Waals surface area contributed by atoms with Crippen LogP contribution in [-0.4, -0.2) is 24.8 Å². The maximum atomic E-state index is 12.4. The first-order valence-corrected chi connectivity index (χ1v) is 8.70. The van der Waals surface area contributed by atoms with E-state index in [0.29, 0.717) is 23.6 Å². The van der Waals surface area contributed by atoms with E-state index in [-0.39, 0.29) is 5.91 Å². The molecule has 0 bridgehead atoms. The molecule has 21 heavy (non-hydrogen) atoms. The van der Waals surface area contributed by atoms with Crippen LogP contribution in [0.25, 0.3) is 0 Å². The SMILES string of the molecule is CON=C1CC2C3CCCCC3C3CCCC(NC1=O)C32. The smallest absolute Gasteiger partial charge is 0.269 e. The Morgan fingerprint density at radius 2 is 1.71 bits per heavy atom. The summed E-state index contributed by atoms with van der Waals surface area (Å²) in [6, 6.07) is 0.386. The van der Waals surface area contributed by atoms with E-state index in [1.165, 1.54) is 38.5 Å². The predicted octanol–water partition coefficient (Wildman–Crippen LogP) is 2.73. The van der Waals surface area contributed by atoms with Gasteiger partial charge in [0, 0.05) is 12.5 Å². The Morgan fingerprint density at radius 3 is 2.48 bits per heavy atom. The van der Waals surface area contributed by atoms with Crippen LogP contribution in [0.4, 0.5) is 0 Å². The van der Waals surface area contributed by atoms with Gasteiger partial charge in [-0.25, -0.2) is 0 Å². The van der Waals surface area contributed by atoms with E-state index < -0.39 is 0 Å². The Labute approximate surface area is 126 Å². The number of fused-ring (bicyclic) bond motifs is 3. The largest absolute Gasteiger partial charge is 0.399 e. The van der Waals surface area contributed by atoms with Gasteiger partial charge in [0.25, 0.3) is 5.91 Å². The standard InChI is InChI=1S/C17H26N2O2/c1-21-19-15-9-13-11-6-3-2-5-10(11)12-7-4-8-14(16(12)13)18-17(15)20/h10-14,16H,2-9H2,1H3,(H,18,20). The van der Waals surface area contributed by atoms with Gasteiger partial charge < -0.3 is 10.2 Å². The molecule has 1 amide bonds. The zero-order valence-corrected chi connectivity index (χ0v) is 12.9. The fourth-order valence-electron chi connectivity index (χ4n) is 6.12. The summed E-state index contributed by atoms with van der Waals surface area (Å²) >= 11 is 0. The molecule has 1 heterocycles. The molecule has 1 aliphatic heterocycles. The molecule has 1 saturated heterocycles. The second-order valence-corrected chi connectivity index (χ2v) is 7.45. The molecule has 0 aromatic rings. The van der Waals surface area contributed by atoms with Crippen molar-refractivity contribution in [3.8, 4) is 0 Å². The molecule has 0 spiro atoms. The molecule has 3 aliphatic carbocycles. The van der Waals surface area contributed by atoms with Crippen LogP contribution in [0.3, 0.4) is 0 Å². The maximum Gasteiger partial charge on any atom is 0.269 e. The molecule has 1 N–H and O–H groups in total. The van der Waals surface area contributed by atoms with Crippen molar-refractivity contribution in [3.05, 3.63) is 0 Å². The lowest BCUT2D eigenvalue weighted by molar-refractivity contribution is -0.116. The molecule has 0 radical (unpaired) electrons.